The molecule has 0 radical (unpaired) electrons. The number of aromatic nitrogens is 3. The van der Waals surface area contributed by atoms with E-state index in [-0.39, 0.29) is 23.5 Å². The van der Waals surface area contributed by atoms with Crippen LogP contribution in [0.25, 0.3) is 11.4 Å². The van der Waals surface area contributed by atoms with Gasteiger partial charge < -0.3 is 15.9 Å². The Balaban J connectivity index is 1.99. The monoisotopic (exact) mass is 339 g/mol. The van der Waals surface area contributed by atoms with E-state index in [1.54, 1.807) is 19.2 Å². The number of thioether (sulfide) groups is 1. The number of ether oxygens (including phenoxy) is 1. The number of carbonyl (C=O) groups excluding carboxylic acids is 1. The summed E-state index contributed by atoms with van der Waals surface area (Å²) < 4.78 is 19.5. The van der Waals surface area contributed by atoms with Gasteiger partial charge in [-0.25, -0.2) is 9.07 Å². The Kier molecular flexibility index (Phi) is 5.94. The molecule has 0 unspecified atom stereocenters. The second kappa shape index (κ2) is 7.93. The van der Waals surface area contributed by atoms with Crippen molar-refractivity contribution in [1.29, 1.82) is 0 Å². The first kappa shape index (κ1) is 17.2. The van der Waals surface area contributed by atoms with E-state index in [9.17, 15) is 9.18 Å². The van der Waals surface area contributed by atoms with E-state index in [0.717, 1.165) is 11.8 Å². The van der Waals surface area contributed by atoms with Crippen LogP contribution in [0.3, 0.4) is 0 Å². The summed E-state index contributed by atoms with van der Waals surface area (Å²) in [7, 11) is 1.57. The molecule has 2 aromatic rings. The molecule has 9 heteroatoms. The van der Waals surface area contributed by atoms with Gasteiger partial charge in [-0.05, 0) is 19.1 Å². The number of nitrogen functional groups attached to an aromatic ring is 1. The summed E-state index contributed by atoms with van der Waals surface area (Å²) in [6.45, 7) is 2.28. The maximum Gasteiger partial charge on any atom is 0.230 e. The van der Waals surface area contributed by atoms with Gasteiger partial charge in [-0.3, -0.25) is 4.79 Å². The summed E-state index contributed by atoms with van der Waals surface area (Å²) in [5.74, 6) is 5.86. The van der Waals surface area contributed by atoms with Crippen molar-refractivity contribution in [3.8, 4) is 11.4 Å². The summed E-state index contributed by atoms with van der Waals surface area (Å²) in [4.78, 5) is 11.8. The Morgan fingerprint density at radius 2 is 2.30 bits per heavy atom. The summed E-state index contributed by atoms with van der Waals surface area (Å²) in [5, 5.41) is 11.0. The van der Waals surface area contributed by atoms with Gasteiger partial charge in [0.2, 0.25) is 11.1 Å². The van der Waals surface area contributed by atoms with Crippen LogP contribution in [0.15, 0.2) is 29.4 Å². The highest BCUT2D eigenvalue weighted by Crippen LogP contribution is 2.21. The highest BCUT2D eigenvalue weighted by atomic mass is 32.2. The molecule has 1 aromatic carbocycles. The third-order valence-corrected chi connectivity index (χ3v) is 3.85. The van der Waals surface area contributed by atoms with E-state index < -0.39 is 0 Å². The number of methoxy groups -OCH3 is 1. The van der Waals surface area contributed by atoms with E-state index in [0.29, 0.717) is 23.2 Å². The van der Waals surface area contributed by atoms with Gasteiger partial charge in [-0.2, -0.15) is 0 Å². The zero-order valence-electron chi connectivity index (χ0n) is 12.8. The number of benzene rings is 1. The van der Waals surface area contributed by atoms with Crippen LogP contribution in [0.5, 0.6) is 0 Å². The second-order valence-electron chi connectivity index (χ2n) is 4.90. The maximum absolute atomic E-state index is 13.3. The van der Waals surface area contributed by atoms with Crippen molar-refractivity contribution in [3.05, 3.63) is 30.1 Å². The first-order valence-electron chi connectivity index (χ1n) is 6.88. The molecule has 0 aliphatic heterocycles. The third kappa shape index (κ3) is 4.67. The molecule has 0 saturated heterocycles. The molecule has 1 amide bonds. The molecule has 1 aromatic heterocycles. The van der Waals surface area contributed by atoms with Crippen LogP contribution in [0.1, 0.15) is 6.92 Å². The topological polar surface area (TPSA) is 95.1 Å². The molecule has 2 rings (SSSR count). The minimum Gasteiger partial charge on any atom is -0.383 e. The fourth-order valence-electron chi connectivity index (χ4n) is 1.94. The average Bonchev–Trinajstić information content (AvgIpc) is 2.86. The smallest absolute Gasteiger partial charge is 0.230 e. The lowest BCUT2D eigenvalue weighted by Gasteiger charge is -2.12. The van der Waals surface area contributed by atoms with E-state index >= 15 is 0 Å². The lowest BCUT2D eigenvalue weighted by molar-refractivity contribution is -0.119. The molecule has 23 heavy (non-hydrogen) atoms. The lowest BCUT2D eigenvalue weighted by Crippen LogP contribution is -2.36. The van der Waals surface area contributed by atoms with Crippen molar-refractivity contribution in [1.82, 2.24) is 20.2 Å². The normalized spacial score (nSPS) is 12.1. The number of rotatable bonds is 7. The zero-order valence-corrected chi connectivity index (χ0v) is 13.6. The standard InChI is InChI=1S/C14H18FN5O2S/c1-9(7-22-2)17-12(21)8-23-14-19-18-13(20(14)16)10-4-3-5-11(15)6-10/h3-6,9H,7-8,16H2,1-2H3,(H,17,21)/t9-/m0/s1. The van der Waals surface area contributed by atoms with E-state index in [1.807, 2.05) is 6.92 Å². The van der Waals surface area contributed by atoms with Gasteiger partial charge >= 0.3 is 0 Å². The van der Waals surface area contributed by atoms with Crippen LogP contribution in [0.4, 0.5) is 4.39 Å². The molecule has 0 aliphatic carbocycles. The van der Waals surface area contributed by atoms with Crippen molar-refractivity contribution < 1.29 is 13.9 Å². The Morgan fingerprint density at radius 1 is 1.52 bits per heavy atom. The summed E-state index contributed by atoms with van der Waals surface area (Å²) in [5.41, 5.74) is 0.519. The lowest BCUT2D eigenvalue weighted by atomic mass is 10.2. The molecule has 0 aliphatic rings. The Morgan fingerprint density at radius 3 is 3.00 bits per heavy atom. The number of nitrogens with one attached hydrogen (secondary N) is 1. The molecular weight excluding hydrogens is 321 g/mol. The molecule has 124 valence electrons. The van der Waals surface area contributed by atoms with Crippen molar-refractivity contribution in [3.63, 3.8) is 0 Å². The zero-order chi connectivity index (χ0) is 16.8. The summed E-state index contributed by atoms with van der Waals surface area (Å²) in [6.07, 6.45) is 0. The summed E-state index contributed by atoms with van der Waals surface area (Å²) >= 11 is 1.15. The number of nitrogens with two attached hydrogens (primary N) is 1. The third-order valence-electron chi connectivity index (χ3n) is 2.90. The van der Waals surface area contributed by atoms with Crippen molar-refractivity contribution in [2.24, 2.45) is 0 Å². The number of amides is 1. The number of halogens is 1. The number of nitrogens with zero attached hydrogens (tertiary/aromatic N) is 3. The van der Waals surface area contributed by atoms with Crippen LogP contribution in [0, 0.1) is 5.82 Å². The molecule has 0 spiro atoms. The van der Waals surface area contributed by atoms with Crippen molar-refractivity contribution in [2.75, 3.05) is 25.3 Å². The fraction of sp³-hybridized carbons (Fsp3) is 0.357. The number of hydrogen-bond donors (Lipinski definition) is 2. The predicted molar refractivity (Wildman–Crippen MR) is 85.8 cm³/mol. The van der Waals surface area contributed by atoms with E-state index in [1.165, 1.54) is 16.8 Å². The quantitative estimate of drug-likeness (QED) is 0.578. The van der Waals surface area contributed by atoms with Gasteiger partial charge in [0.25, 0.3) is 0 Å². The molecule has 3 N–H and O–H groups in total. The second-order valence-corrected chi connectivity index (χ2v) is 5.84. The van der Waals surface area contributed by atoms with Crippen LogP contribution in [-0.4, -0.2) is 46.3 Å². The van der Waals surface area contributed by atoms with Crippen LogP contribution in [-0.2, 0) is 9.53 Å². The first-order chi connectivity index (χ1) is 11.0. The largest absolute Gasteiger partial charge is 0.383 e. The van der Waals surface area contributed by atoms with Gasteiger partial charge in [0.05, 0.1) is 12.4 Å². The highest BCUT2D eigenvalue weighted by molar-refractivity contribution is 7.99. The van der Waals surface area contributed by atoms with Crippen molar-refractivity contribution in [2.45, 2.75) is 18.1 Å². The predicted octanol–water partition coefficient (Wildman–Crippen LogP) is 1.04. The molecular formula is C14H18FN5O2S. The van der Waals surface area contributed by atoms with E-state index in [4.69, 9.17) is 10.6 Å². The fourth-order valence-corrected chi connectivity index (χ4v) is 2.61. The van der Waals surface area contributed by atoms with E-state index in [2.05, 4.69) is 15.5 Å². The van der Waals surface area contributed by atoms with Gasteiger partial charge in [0.1, 0.15) is 5.82 Å². The minimum absolute atomic E-state index is 0.0771. The minimum atomic E-state index is -0.383. The van der Waals surface area contributed by atoms with Crippen LogP contribution < -0.4 is 11.2 Å². The molecule has 1 heterocycles. The summed E-state index contributed by atoms with van der Waals surface area (Å²) in [6, 6.07) is 5.83. The molecule has 0 fully saturated rings. The number of carbonyl (C=O) groups is 1. The Bertz CT molecular complexity index is 679. The molecule has 0 saturated carbocycles. The van der Waals surface area contributed by atoms with Gasteiger partial charge in [-0.1, -0.05) is 23.9 Å². The number of hydrogen-bond acceptors (Lipinski definition) is 6. The van der Waals surface area contributed by atoms with Crippen LogP contribution >= 0.6 is 11.8 Å². The van der Waals surface area contributed by atoms with Crippen LogP contribution in [0.2, 0.25) is 0 Å². The van der Waals surface area contributed by atoms with Crippen molar-refractivity contribution >= 4 is 17.7 Å². The Hall–Kier alpha value is -2.13. The van der Waals surface area contributed by atoms with Gasteiger partial charge in [0.15, 0.2) is 5.82 Å². The average molecular weight is 339 g/mol. The SMILES string of the molecule is COC[C@H](C)NC(=O)CSc1nnc(-c2cccc(F)c2)n1N. The molecule has 1 atom stereocenters. The van der Waals surface area contributed by atoms with Gasteiger partial charge in [-0.15, -0.1) is 10.2 Å². The Labute approximate surface area is 137 Å². The highest BCUT2D eigenvalue weighted by Gasteiger charge is 2.15. The molecule has 0 bridgehead atoms. The first-order valence-corrected chi connectivity index (χ1v) is 7.87. The van der Waals surface area contributed by atoms with Gasteiger partial charge in [0, 0.05) is 18.7 Å². The maximum atomic E-state index is 13.3. The molecule has 7 nitrogen and oxygen atoms in total.